The van der Waals surface area contributed by atoms with Gasteiger partial charge in [0.05, 0.1) is 15.3 Å². The summed E-state index contributed by atoms with van der Waals surface area (Å²) in [4.78, 5) is 15.2. The third kappa shape index (κ3) is 4.34. The summed E-state index contributed by atoms with van der Waals surface area (Å²) in [5.74, 6) is -0.175. The molecule has 10 heteroatoms. The van der Waals surface area contributed by atoms with Crippen molar-refractivity contribution in [1.82, 2.24) is 9.21 Å². The van der Waals surface area contributed by atoms with E-state index < -0.39 is 26.7 Å². The van der Waals surface area contributed by atoms with Crippen LogP contribution in [-0.2, 0) is 22.6 Å². The van der Waals surface area contributed by atoms with Crippen LogP contribution in [0.2, 0.25) is 0 Å². The molecule has 1 aromatic carbocycles. The van der Waals surface area contributed by atoms with E-state index in [0.717, 1.165) is 39.4 Å². The number of halogens is 3. The Balaban J connectivity index is 1.76. The molecule has 0 N–H and O–H groups in total. The van der Waals surface area contributed by atoms with Crippen LogP contribution in [0.1, 0.15) is 32.6 Å². The van der Waals surface area contributed by atoms with Crippen molar-refractivity contribution in [3.8, 4) is 0 Å². The third-order valence-corrected chi connectivity index (χ3v) is 7.99. The maximum absolute atomic E-state index is 13.2. The number of carbonyl (C=O) groups is 1. The van der Waals surface area contributed by atoms with Crippen molar-refractivity contribution in [3.63, 3.8) is 0 Å². The van der Waals surface area contributed by atoms with E-state index >= 15 is 0 Å². The van der Waals surface area contributed by atoms with E-state index in [1.165, 1.54) is 17.4 Å². The summed E-state index contributed by atoms with van der Waals surface area (Å²) in [6.45, 7) is 4.11. The quantitative estimate of drug-likeness (QED) is 0.718. The Labute approximate surface area is 171 Å². The van der Waals surface area contributed by atoms with Gasteiger partial charge in [0, 0.05) is 31.1 Å². The van der Waals surface area contributed by atoms with Crippen molar-refractivity contribution in [3.05, 3.63) is 51.2 Å². The van der Waals surface area contributed by atoms with E-state index in [4.69, 9.17) is 0 Å². The van der Waals surface area contributed by atoms with Crippen LogP contribution in [0, 0.1) is 6.92 Å². The Kier molecular flexibility index (Phi) is 6.07. The fourth-order valence-electron chi connectivity index (χ4n) is 3.33. The summed E-state index contributed by atoms with van der Waals surface area (Å²) < 4.78 is 66.3. The van der Waals surface area contributed by atoms with Crippen molar-refractivity contribution >= 4 is 27.3 Å². The number of aryl methyl sites for hydroxylation is 2. The molecule has 0 unspecified atom stereocenters. The molecule has 2 aromatic rings. The van der Waals surface area contributed by atoms with Gasteiger partial charge >= 0.3 is 6.18 Å². The molecule has 1 aliphatic heterocycles. The maximum Gasteiger partial charge on any atom is 0.417 e. The molecule has 0 bridgehead atoms. The van der Waals surface area contributed by atoms with E-state index in [2.05, 4.69) is 0 Å². The second kappa shape index (κ2) is 8.08. The van der Waals surface area contributed by atoms with Crippen LogP contribution in [0.15, 0.2) is 35.2 Å². The van der Waals surface area contributed by atoms with Gasteiger partial charge in [-0.1, -0.05) is 19.1 Å². The lowest BCUT2D eigenvalue weighted by molar-refractivity contribution is -0.139. The molecule has 5 nitrogen and oxygen atoms in total. The fourth-order valence-corrected chi connectivity index (χ4v) is 6.04. The molecule has 0 spiro atoms. The van der Waals surface area contributed by atoms with Gasteiger partial charge in [-0.3, -0.25) is 4.79 Å². The minimum atomic E-state index is -4.77. The molecule has 1 amide bonds. The highest BCUT2D eigenvalue weighted by Crippen LogP contribution is 2.35. The van der Waals surface area contributed by atoms with Gasteiger partial charge < -0.3 is 4.90 Å². The van der Waals surface area contributed by atoms with Crippen LogP contribution in [0.5, 0.6) is 0 Å². The lowest BCUT2D eigenvalue weighted by Gasteiger charge is -2.34. The first kappa shape index (κ1) is 21.8. The molecule has 3 rings (SSSR count). The van der Waals surface area contributed by atoms with Crippen molar-refractivity contribution in [2.75, 3.05) is 26.2 Å². The zero-order valence-corrected chi connectivity index (χ0v) is 17.6. The normalized spacial score (nSPS) is 16.2. The fraction of sp³-hybridized carbons (Fsp3) is 0.421. The van der Waals surface area contributed by atoms with Gasteiger partial charge in [-0.05, 0) is 37.1 Å². The second-order valence-electron chi connectivity index (χ2n) is 6.74. The van der Waals surface area contributed by atoms with E-state index in [-0.39, 0.29) is 32.1 Å². The average Bonchev–Trinajstić information content (AvgIpc) is 3.07. The monoisotopic (exact) mass is 446 g/mol. The average molecular weight is 447 g/mol. The smallest absolute Gasteiger partial charge is 0.335 e. The van der Waals surface area contributed by atoms with Gasteiger partial charge in [-0.15, -0.1) is 11.3 Å². The molecule has 0 saturated carbocycles. The molecule has 1 fully saturated rings. The van der Waals surface area contributed by atoms with E-state index in [9.17, 15) is 26.4 Å². The number of alkyl halides is 3. The molecule has 29 heavy (non-hydrogen) atoms. The van der Waals surface area contributed by atoms with Crippen molar-refractivity contribution in [1.29, 1.82) is 0 Å². The Morgan fingerprint density at radius 2 is 1.76 bits per heavy atom. The summed E-state index contributed by atoms with van der Waals surface area (Å²) in [6.07, 6.45) is -3.95. The number of amides is 1. The largest absolute Gasteiger partial charge is 0.417 e. The number of rotatable bonds is 4. The minimum absolute atomic E-state index is 0.0503. The number of hydrogen-bond donors (Lipinski definition) is 0. The first-order valence-electron chi connectivity index (χ1n) is 9.10. The lowest BCUT2D eigenvalue weighted by Crippen LogP contribution is -2.50. The molecule has 158 valence electrons. The van der Waals surface area contributed by atoms with Gasteiger partial charge in [0.1, 0.15) is 0 Å². The number of piperazine rings is 1. The third-order valence-electron chi connectivity index (χ3n) is 4.95. The van der Waals surface area contributed by atoms with Gasteiger partial charge in [0.25, 0.3) is 5.91 Å². The number of thiophene rings is 1. The Hall–Kier alpha value is -1.91. The molecular weight excluding hydrogens is 425 g/mol. The van der Waals surface area contributed by atoms with Gasteiger partial charge in [-0.2, -0.15) is 17.5 Å². The van der Waals surface area contributed by atoms with Crippen LogP contribution in [0.25, 0.3) is 0 Å². The van der Waals surface area contributed by atoms with E-state index in [1.54, 1.807) is 4.90 Å². The Morgan fingerprint density at radius 1 is 1.14 bits per heavy atom. The van der Waals surface area contributed by atoms with Crippen LogP contribution >= 0.6 is 11.3 Å². The predicted octanol–water partition coefficient (Wildman–Crippen LogP) is 3.78. The van der Waals surface area contributed by atoms with Gasteiger partial charge in [-0.25, -0.2) is 8.42 Å². The zero-order valence-electron chi connectivity index (χ0n) is 16.0. The summed E-state index contributed by atoms with van der Waals surface area (Å²) >= 11 is 1.40. The van der Waals surface area contributed by atoms with Crippen LogP contribution in [0.4, 0.5) is 13.2 Å². The summed E-state index contributed by atoms with van der Waals surface area (Å²) in [7, 11) is -4.32. The molecule has 2 heterocycles. The van der Waals surface area contributed by atoms with Crippen molar-refractivity contribution < 1.29 is 26.4 Å². The number of carbonyl (C=O) groups excluding carboxylic acids is 1. The van der Waals surface area contributed by atoms with Crippen molar-refractivity contribution in [2.45, 2.75) is 31.3 Å². The molecule has 0 radical (unpaired) electrons. The highest BCUT2D eigenvalue weighted by atomic mass is 32.2. The highest BCUT2D eigenvalue weighted by Gasteiger charge is 2.39. The number of sulfonamides is 1. The number of hydrogen-bond acceptors (Lipinski definition) is 4. The van der Waals surface area contributed by atoms with E-state index in [1.807, 2.05) is 19.9 Å². The first-order valence-corrected chi connectivity index (χ1v) is 11.4. The number of nitrogens with zero attached hydrogens (tertiary/aromatic N) is 2. The Bertz CT molecular complexity index is 1010. The second-order valence-corrected chi connectivity index (χ2v) is 9.90. The van der Waals surface area contributed by atoms with Crippen LogP contribution in [-0.4, -0.2) is 49.7 Å². The maximum atomic E-state index is 13.2. The zero-order chi connectivity index (χ0) is 21.4. The topological polar surface area (TPSA) is 57.7 Å². The number of benzene rings is 1. The summed E-state index contributed by atoms with van der Waals surface area (Å²) in [5, 5.41) is 0. The molecule has 0 atom stereocenters. The molecule has 1 aliphatic rings. The standard InChI is InChI=1S/C19H21F3N2O3S2/c1-3-14-12-16(28-13(14)2)18(25)23-8-10-24(11-9-23)29(26,27)17-7-5-4-6-15(17)19(20,21)22/h4-7,12H,3,8-11H2,1-2H3. The molecule has 1 aromatic heterocycles. The summed E-state index contributed by atoms with van der Waals surface area (Å²) in [6, 6.07) is 6.01. The van der Waals surface area contributed by atoms with E-state index in [0.29, 0.717) is 4.88 Å². The Morgan fingerprint density at radius 3 is 2.31 bits per heavy atom. The predicted molar refractivity (Wildman–Crippen MR) is 105 cm³/mol. The van der Waals surface area contributed by atoms with Gasteiger partial charge in [0.2, 0.25) is 10.0 Å². The minimum Gasteiger partial charge on any atom is -0.335 e. The van der Waals surface area contributed by atoms with Crippen LogP contribution in [0.3, 0.4) is 0 Å². The lowest BCUT2D eigenvalue weighted by atomic mass is 10.2. The van der Waals surface area contributed by atoms with Crippen LogP contribution < -0.4 is 0 Å². The highest BCUT2D eigenvalue weighted by molar-refractivity contribution is 7.89. The first-order chi connectivity index (χ1) is 13.6. The molecular formula is C19H21F3N2O3S2. The van der Waals surface area contributed by atoms with Gasteiger partial charge in [0.15, 0.2) is 0 Å². The molecule has 1 saturated heterocycles. The van der Waals surface area contributed by atoms with Crippen molar-refractivity contribution in [2.24, 2.45) is 0 Å². The molecule has 0 aliphatic carbocycles. The summed E-state index contributed by atoms with van der Waals surface area (Å²) in [5.41, 5.74) is -0.0806. The SMILES string of the molecule is CCc1cc(C(=O)N2CCN(S(=O)(=O)c3ccccc3C(F)(F)F)CC2)sc1C.